The van der Waals surface area contributed by atoms with Crippen LogP contribution < -0.4 is 20.9 Å². The van der Waals surface area contributed by atoms with Crippen LogP contribution in [-0.2, 0) is 27.4 Å². The summed E-state index contributed by atoms with van der Waals surface area (Å²) in [5, 5.41) is 7.36. The fourth-order valence-electron chi connectivity index (χ4n) is 6.92. The second-order valence-corrected chi connectivity index (χ2v) is 13.9. The largest absolute Gasteiger partial charge is 0.481 e. The minimum Gasteiger partial charge on any atom is -0.481 e. The third kappa shape index (κ3) is 7.01. The first-order chi connectivity index (χ1) is 25.1. The fraction of sp³-hybridized carbons (Fsp3) is 0.308. The number of rotatable bonds is 11. The van der Waals surface area contributed by atoms with E-state index in [-0.39, 0.29) is 29.4 Å². The molecule has 13 heteroatoms. The molecule has 0 radical (unpaired) electrons. The maximum absolute atomic E-state index is 13.5. The standard InChI is InChI=1S/C39H38Cl2N6O5/c1-22-31(21-46-19-25(20-46)39(50)52-3)38(49)47-15-14-23(16-33(47)43-22)27-6-4-7-28(35(27)40)29-8-5-9-30(36(29)41)32-12-10-24(37(45-32)51-2)17-42-18-26-11-13-34(48)44-26/h4-10,12,14-16,25-26,42H,11,13,17-21H2,1-3H3,(H,44,48)/t26-/m0/s1. The van der Waals surface area contributed by atoms with Crippen LogP contribution in [0.15, 0.2) is 71.7 Å². The van der Waals surface area contributed by atoms with E-state index in [1.807, 2.05) is 72.5 Å². The Morgan fingerprint density at radius 2 is 1.67 bits per heavy atom. The van der Waals surface area contributed by atoms with Crippen molar-refractivity contribution in [2.24, 2.45) is 5.92 Å². The van der Waals surface area contributed by atoms with E-state index in [0.29, 0.717) is 77.7 Å². The number of hydrogen-bond acceptors (Lipinski definition) is 9. The topological polar surface area (TPSA) is 127 Å². The van der Waals surface area contributed by atoms with Gasteiger partial charge in [0.2, 0.25) is 11.8 Å². The van der Waals surface area contributed by atoms with Crippen LogP contribution in [0.5, 0.6) is 5.88 Å². The van der Waals surface area contributed by atoms with Gasteiger partial charge in [0.25, 0.3) is 5.56 Å². The molecule has 11 nitrogen and oxygen atoms in total. The molecule has 5 heterocycles. The van der Waals surface area contributed by atoms with Crippen molar-refractivity contribution >= 4 is 40.7 Å². The number of benzene rings is 2. The Labute approximate surface area is 310 Å². The van der Waals surface area contributed by atoms with Crippen molar-refractivity contribution in [3.63, 3.8) is 0 Å². The van der Waals surface area contributed by atoms with E-state index in [1.54, 1.807) is 17.7 Å². The summed E-state index contributed by atoms with van der Waals surface area (Å²) in [4.78, 5) is 48.5. The van der Waals surface area contributed by atoms with Crippen molar-refractivity contribution < 1.29 is 19.1 Å². The molecule has 0 spiro atoms. The number of amides is 1. The number of aromatic nitrogens is 3. The molecular weight excluding hydrogens is 703 g/mol. The first-order valence-corrected chi connectivity index (χ1v) is 17.8. The van der Waals surface area contributed by atoms with E-state index < -0.39 is 0 Å². The minimum atomic E-state index is -0.229. The van der Waals surface area contributed by atoms with Crippen LogP contribution in [0.2, 0.25) is 10.0 Å². The Morgan fingerprint density at radius 1 is 0.962 bits per heavy atom. The van der Waals surface area contributed by atoms with Gasteiger partial charge in [0, 0.05) is 84.9 Å². The number of esters is 1. The predicted octanol–water partition coefficient (Wildman–Crippen LogP) is 5.69. The number of nitrogens with one attached hydrogen (secondary N) is 2. The number of halogens is 2. The summed E-state index contributed by atoms with van der Waals surface area (Å²) in [6, 6.07) is 19.2. The Hall–Kier alpha value is -4.81. The molecule has 0 aliphatic carbocycles. The second kappa shape index (κ2) is 15.0. The van der Waals surface area contributed by atoms with E-state index in [0.717, 1.165) is 39.8 Å². The van der Waals surface area contributed by atoms with Crippen molar-refractivity contribution in [3.05, 3.63) is 104 Å². The minimum absolute atomic E-state index is 0.0906. The molecule has 2 saturated heterocycles. The third-order valence-corrected chi connectivity index (χ3v) is 10.6. The van der Waals surface area contributed by atoms with Crippen molar-refractivity contribution in [2.45, 2.75) is 38.9 Å². The van der Waals surface area contributed by atoms with Crippen LogP contribution in [0.4, 0.5) is 0 Å². The molecule has 2 fully saturated rings. The number of hydrogen-bond donors (Lipinski definition) is 2. The average Bonchev–Trinajstić information content (AvgIpc) is 3.55. The predicted molar refractivity (Wildman–Crippen MR) is 201 cm³/mol. The van der Waals surface area contributed by atoms with Crippen LogP contribution in [0.25, 0.3) is 39.2 Å². The maximum Gasteiger partial charge on any atom is 0.311 e. The summed E-state index contributed by atoms with van der Waals surface area (Å²) in [6.07, 6.45) is 3.11. The monoisotopic (exact) mass is 740 g/mol. The van der Waals surface area contributed by atoms with Gasteiger partial charge >= 0.3 is 5.97 Å². The van der Waals surface area contributed by atoms with Crippen LogP contribution in [0.3, 0.4) is 0 Å². The van der Waals surface area contributed by atoms with Crippen molar-refractivity contribution in [2.75, 3.05) is 33.9 Å². The van der Waals surface area contributed by atoms with E-state index in [4.69, 9.17) is 42.6 Å². The number of likely N-dealkylation sites (tertiary alicyclic amines) is 1. The quantitative estimate of drug-likeness (QED) is 0.164. The lowest BCUT2D eigenvalue weighted by Crippen LogP contribution is -2.50. The number of aryl methyl sites for hydroxylation is 1. The van der Waals surface area contributed by atoms with Crippen molar-refractivity contribution in [3.8, 4) is 39.4 Å². The van der Waals surface area contributed by atoms with Gasteiger partial charge in [0.05, 0.1) is 41.4 Å². The van der Waals surface area contributed by atoms with Crippen LogP contribution in [-0.4, -0.2) is 71.0 Å². The Morgan fingerprint density at radius 3 is 2.37 bits per heavy atom. The van der Waals surface area contributed by atoms with Gasteiger partial charge in [-0.05, 0) is 37.1 Å². The zero-order chi connectivity index (χ0) is 36.5. The lowest BCUT2D eigenvalue weighted by atomic mass is 9.97. The lowest BCUT2D eigenvalue weighted by molar-refractivity contribution is -0.151. The zero-order valence-corrected chi connectivity index (χ0v) is 30.6. The Bertz CT molecular complexity index is 2250. The van der Waals surface area contributed by atoms with E-state index >= 15 is 0 Å². The molecule has 3 aromatic heterocycles. The molecule has 268 valence electrons. The van der Waals surface area contributed by atoms with Gasteiger partial charge in [0.15, 0.2) is 0 Å². The molecule has 0 saturated carbocycles. The number of nitrogens with zero attached hydrogens (tertiary/aromatic N) is 4. The number of fused-ring (bicyclic) bond motifs is 1. The zero-order valence-electron chi connectivity index (χ0n) is 29.0. The summed E-state index contributed by atoms with van der Waals surface area (Å²) >= 11 is 14.2. The van der Waals surface area contributed by atoms with Gasteiger partial charge in [0.1, 0.15) is 5.65 Å². The van der Waals surface area contributed by atoms with E-state index in [2.05, 4.69) is 10.6 Å². The van der Waals surface area contributed by atoms with Gasteiger partial charge < -0.3 is 20.1 Å². The highest BCUT2D eigenvalue weighted by Crippen LogP contribution is 2.42. The highest BCUT2D eigenvalue weighted by Gasteiger charge is 2.34. The molecule has 1 atom stereocenters. The summed E-state index contributed by atoms with van der Waals surface area (Å²) in [5.41, 5.74) is 6.92. The number of ether oxygens (including phenoxy) is 2. The summed E-state index contributed by atoms with van der Waals surface area (Å²) in [6.45, 7) is 4.55. The maximum atomic E-state index is 13.5. The highest BCUT2D eigenvalue weighted by molar-refractivity contribution is 6.39. The highest BCUT2D eigenvalue weighted by atomic mass is 35.5. The van der Waals surface area contributed by atoms with E-state index in [1.165, 1.54) is 7.11 Å². The van der Waals surface area contributed by atoms with Crippen LogP contribution in [0.1, 0.15) is 29.7 Å². The first kappa shape index (κ1) is 35.6. The molecule has 5 aromatic rings. The normalized spacial score (nSPS) is 16.2. The van der Waals surface area contributed by atoms with E-state index in [9.17, 15) is 14.4 Å². The molecule has 2 aliphatic rings. The molecule has 2 N–H and O–H groups in total. The van der Waals surface area contributed by atoms with Crippen molar-refractivity contribution in [1.82, 2.24) is 29.9 Å². The molecule has 0 bridgehead atoms. The summed E-state index contributed by atoms with van der Waals surface area (Å²) < 4.78 is 12.0. The summed E-state index contributed by atoms with van der Waals surface area (Å²) in [5.74, 6) is 0.183. The third-order valence-electron chi connectivity index (χ3n) is 9.80. The van der Waals surface area contributed by atoms with Gasteiger partial charge in [-0.15, -0.1) is 0 Å². The van der Waals surface area contributed by atoms with Gasteiger partial charge in [-0.25, -0.2) is 9.97 Å². The summed E-state index contributed by atoms with van der Waals surface area (Å²) in [7, 11) is 2.98. The van der Waals surface area contributed by atoms with Gasteiger partial charge in [-0.1, -0.05) is 65.7 Å². The molecular formula is C39H38Cl2N6O5. The Balaban J connectivity index is 1.13. The van der Waals surface area contributed by atoms with Crippen LogP contribution in [0, 0.1) is 12.8 Å². The SMILES string of the molecule is COC(=O)C1CN(Cc2c(C)nc3cc(-c4cccc(-c5cccc(-c6ccc(CNC[C@@H]7CCC(=O)N7)c(OC)n6)c5Cl)c4Cl)ccn3c2=O)C1. The first-order valence-electron chi connectivity index (χ1n) is 17.1. The number of methoxy groups -OCH3 is 2. The average molecular weight is 742 g/mol. The number of carbonyl (C=O) groups excluding carboxylic acids is 2. The Kier molecular flexibility index (Phi) is 10.3. The number of carbonyl (C=O) groups is 2. The molecule has 52 heavy (non-hydrogen) atoms. The smallest absolute Gasteiger partial charge is 0.311 e. The molecule has 2 aromatic carbocycles. The molecule has 7 rings (SSSR count). The van der Waals surface area contributed by atoms with Crippen molar-refractivity contribution in [1.29, 1.82) is 0 Å². The molecule has 1 amide bonds. The van der Waals surface area contributed by atoms with Gasteiger partial charge in [-0.3, -0.25) is 23.7 Å². The lowest BCUT2D eigenvalue weighted by Gasteiger charge is -2.37. The van der Waals surface area contributed by atoms with Crippen LogP contribution >= 0.6 is 23.2 Å². The van der Waals surface area contributed by atoms with Gasteiger partial charge in [-0.2, -0.15) is 0 Å². The molecule has 0 unspecified atom stereocenters. The molecule has 2 aliphatic heterocycles. The fourth-order valence-corrected chi connectivity index (χ4v) is 7.58. The number of pyridine rings is 2. The second-order valence-electron chi connectivity index (χ2n) is 13.2.